The molecule has 6 aromatic rings. The van der Waals surface area contributed by atoms with Crippen molar-refractivity contribution in [2.75, 3.05) is 6.54 Å². The molecule has 46 heavy (non-hydrogen) atoms. The van der Waals surface area contributed by atoms with Crippen LogP contribution in [0, 0.1) is 0 Å². The molecule has 2 heterocycles. The van der Waals surface area contributed by atoms with Gasteiger partial charge in [-0.25, -0.2) is 4.79 Å². The Morgan fingerprint density at radius 2 is 1.26 bits per heavy atom. The van der Waals surface area contributed by atoms with Crippen molar-refractivity contribution in [3.05, 3.63) is 150 Å². The van der Waals surface area contributed by atoms with E-state index in [0.717, 1.165) is 43.9 Å². The fourth-order valence-electron chi connectivity index (χ4n) is 5.96. The molecule has 7 heteroatoms. The number of furan rings is 1. The maximum absolute atomic E-state index is 12.7. The summed E-state index contributed by atoms with van der Waals surface area (Å²) in [5.41, 5.74) is 6.76. The van der Waals surface area contributed by atoms with Crippen molar-refractivity contribution in [1.82, 2.24) is 4.90 Å². The van der Waals surface area contributed by atoms with Gasteiger partial charge < -0.3 is 14.3 Å². The number of carboxylic acid groups (broad SMARTS) is 1. The van der Waals surface area contributed by atoms with E-state index in [1.165, 1.54) is 5.56 Å². The number of ether oxygens (including phenoxy) is 1. The number of fused-ring (bicyclic) bond motifs is 2. The van der Waals surface area contributed by atoms with E-state index in [4.69, 9.17) is 9.15 Å². The Balaban J connectivity index is 1.05. The normalized spacial score (nSPS) is 13.2. The standard InChI is InChI=1S/C39H29NO6/c41-37-30-10-4-5-11-31(30)38(42)40(37)23-22-34(39(43)44)45-29-20-18-27(19-21-29)26-14-16-28(17-15-26)36-32-12-6-7-13-33(32)46-35(36)24-25-8-2-1-3-9-25/h1-21,34H,22-24H2,(H,43,44)/t34-/m0/s1. The molecule has 0 radical (unpaired) electrons. The number of imide groups is 1. The molecule has 2 amide bonds. The van der Waals surface area contributed by atoms with Crippen molar-refractivity contribution in [2.24, 2.45) is 0 Å². The third kappa shape index (κ3) is 5.55. The van der Waals surface area contributed by atoms with E-state index in [1.54, 1.807) is 36.4 Å². The quantitative estimate of drug-likeness (QED) is 0.159. The van der Waals surface area contributed by atoms with Crippen molar-refractivity contribution in [1.29, 1.82) is 0 Å². The van der Waals surface area contributed by atoms with E-state index in [0.29, 0.717) is 23.3 Å². The Kier molecular flexibility index (Phi) is 7.64. The molecule has 0 saturated carbocycles. The number of nitrogens with zero attached hydrogens (tertiary/aromatic N) is 1. The van der Waals surface area contributed by atoms with Crippen molar-refractivity contribution >= 4 is 28.8 Å². The van der Waals surface area contributed by atoms with Crippen LogP contribution in [0.15, 0.2) is 132 Å². The van der Waals surface area contributed by atoms with Crippen molar-refractivity contribution < 1.29 is 28.6 Å². The molecule has 5 aromatic carbocycles. The first-order valence-electron chi connectivity index (χ1n) is 15.1. The van der Waals surface area contributed by atoms with E-state index in [-0.39, 0.29) is 13.0 Å². The molecule has 0 aliphatic carbocycles. The zero-order chi connectivity index (χ0) is 31.6. The largest absolute Gasteiger partial charge is 0.479 e. The number of amides is 2. The number of rotatable bonds is 10. The summed E-state index contributed by atoms with van der Waals surface area (Å²) in [5, 5.41) is 10.9. The van der Waals surface area contributed by atoms with Crippen molar-refractivity contribution in [3.63, 3.8) is 0 Å². The zero-order valence-electron chi connectivity index (χ0n) is 24.8. The average Bonchev–Trinajstić information content (AvgIpc) is 3.57. The van der Waals surface area contributed by atoms with E-state index >= 15 is 0 Å². The lowest BCUT2D eigenvalue weighted by molar-refractivity contribution is -0.145. The molecule has 0 bridgehead atoms. The van der Waals surface area contributed by atoms with Crippen LogP contribution >= 0.6 is 0 Å². The number of carbonyl (C=O) groups is 3. The Morgan fingerprint density at radius 1 is 0.696 bits per heavy atom. The lowest BCUT2D eigenvalue weighted by Gasteiger charge is -2.19. The minimum absolute atomic E-state index is 0.0427. The van der Waals surface area contributed by atoms with Gasteiger partial charge in [0.2, 0.25) is 0 Å². The van der Waals surface area contributed by atoms with Gasteiger partial charge in [-0.3, -0.25) is 14.5 Å². The number of hydrogen-bond acceptors (Lipinski definition) is 5. The smallest absolute Gasteiger partial charge is 0.344 e. The topological polar surface area (TPSA) is 97.1 Å². The highest BCUT2D eigenvalue weighted by molar-refractivity contribution is 6.21. The SMILES string of the molecule is O=C(O)[C@H](CCN1C(=O)c2ccccc2C1=O)Oc1ccc(-c2ccc(-c3c(Cc4ccccc4)oc4ccccc34)cc2)cc1. The van der Waals surface area contributed by atoms with Gasteiger partial charge in [0, 0.05) is 30.3 Å². The predicted octanol–water partition coefficient (Wildman–Crippen LogP) is 7.88. The van der Waals surface area contributed by atoms with E-state index in [2.05, 4.69) is 42.5 Å². The van der Waals surface area contributed by atoms with Gasteiger partial charge >= 0.3 is 5.97 Å². The summed E-state index contributed by atoms with van der Waals surface area (Å²) in [5.74, 6) is -0.722. The summed E-state index contributed by atoms with van der Waals surface area (Å²) in [6.07, 6.45) is -0.591. The second kappa shape index (κ2) is 12.2. The molecule has 7 nitrogen and oxygen atoms in total. The summed E-state index contributed by atoms with van der Waals surface area (Å²) in [7, 11) is 0. The number of carbonyl (C=O) groups excluding carboxylic acids is 2. The van der Waals surface area contributed by atoms with Crippen LogP contribution in [0.4, 0.5) is 0 Å². The number of carboxylic acids is 1. The van der Waals surface area contributed by atoms with Crippen LogP contribution in [0.25, 0.3) is 33.2 Å². The average molecular weight is 608 g/mol. The first-order valence-corrected chi connectivity index (χ1v) is 15.1. The number of hydrogen-bond donors (Lipinski definition) is 1. The fraction of sp³-hybridized carbons (Fsp3) is 0.103. The van der Waals surface area contributed by atoms with Crippen molar-refractivity contribution in [3.8, 4) is 28.0 Å². The summed E-state index contributed by atoms with van der Waals surface area (Å²) in [4.78, 5) is 38.4. The lowest BCUT2D eigenvalue weighted by atomic mass is 9.96. The van der Waals surface area contributed by atoms with Crippen LogP contribution in [0.2, 0.25) is 0 Å². The summed E-state index contributed by atoms with van der Waals surface area (Å²) >= 11 is 0. The summed E-state index contributed by atoms with van der Waals surface area (Å²) in [6.45, 7) is -0.0627. The molecule has 1 N–H and O–H groups in total. The number of aliphatic carboxylic acids is 1. The highest BCUT2D eigenvalue weighted by Crippen LogP contribution is 2.37. The molecule has 1 aliphatic heterocycles. The zero-order valence-corrected chi connectivity index (χ0v) is 24.8. The molecule has 1 aliphatic rings. The summed E-state index contributed by atoms with van der Waals surface area (Å²) in [6, 6.07) is 40.4. The molecule has 0 fully saturated rings. The molecular formula is C39H29NO6. The molecular weight excluding hydrogens is 578 g/mol. The van der Waals surface area contributed by atoms with Gasteiger partial charge in [-0.2, -0.15) is 0 Å². The highest BCUT2D eigenvalue weighted by Gasteiger charge is 2.36. The van der Waals surface area contributed by atoms with Gasteiger partial charge in [0.25, 0.3) is 11.8 Å². The van der Waals surface area contributed by atoms with Gasteiger partial charge in [-0.05, 0) is 52.6 Å². The minimum atomic E-state index is -1.23. The molecule has 0 saturated heterocycles. The molecule has 0 spiro atoms. The van der Waals surface area contributed by atoms with Crippen LogP contribution in [-0.4, -0.2) is 40.4 Å². The van der Waals surface area contributed by atoms with E-state index in [1.807, 2.05) is 48.5 Å². The fourth-order valence-corrected chi connectivity index (χ4v) is 5.96. The van der Waals surface area contributed by atoms with Gasteiger partial charge in [0.1, 0.15) is 17.1 Å². The van der Waals surface area contributed by atoms with Crippen LogP contribution in [0.3, 0.4) is 0 Å². The van der Waals surface area contributed by atoms with Crippen LogP contribution in [0.5, 0.6) is 5.75 Å². The Morgan fingerprint density at radius 3 is 1.91 bits per heavy atom. The third-order valence-electron chi connectivity index (χ3n) is 8.28. The second-order valence-corrected chi connectivity index (χ2v) is 11.2. The highest BCUT2D eigenvalue weighted by atomic mass is 16.5. The maximum atomic E-state index is 12.7. The van der Waals surface area contributed by atoms with Gasteiger partial charge in [-0.1, -0.05) is 97.1 Å². The minimum Gasteiger partial charge on any atom is -0.479 e. The maximum Gasteiger partial charge on any atom is 0.344 e. The molecule has 226 valence electrons. The van der Waals surface area contributed by atoms with Crippen LogP contribution < -0.4 is 4.74 Å². The monoisotopic (exact) mass is 607 g/mol. The molecule has 7 rings (SSSR count). The number of benzene rings is 5. The van der Waals surface area contributed by atoms with E-state index in [9.17, 15) is 19.5 Å². The lowest BCUT2D eigenvalue weighted by Crippen LogP contribution is -2.36. The number of para-hydroxylation sites is 1. The van der Waals surface area contributed by atoms with E-state index < -0.39 is 23.9 Å². The third-order valence-corrected chi connectivity index (χ3v) is 8.28. The summed E-state index contributed by atoms with van der Waals surface area (Å²) < 4.78 is 12.1. The van der Waals surface area contributed by atoms with Crippen LogP contribution in [0.1, 0.15) is 38.5 Å². The predicted molar refractivity (Wildman–Crippen MR) is 175 cm³/mol. The van der Waals surface area contributed by atoms with Crippen molar-refractivity contribution in [2.45, 2.75) is 18.9 Å². The molecule has 1 atom stereocenters. The Bertz CT molecular complexity index is 2030. The van der Waals surface area contributed by atoms with Gasteiger partial charge in [0.05, 0.1) is 11.1 Å². The first kappa shape index (κ1) is 28.8. The second-order valence-electron chi connectivity index (χ2n) is 11.2. The van der Waals surface area contributed by atoms with Gasteiger partial charge in [0.15, 0.2) is 6.10 Å². The van der Waals surface area contributed by atoms with Gasteiger partial charge in [-0.15, -0.1) is 0 Å². The first-order chi connectivity index (χ1) is 22.5. The Hall–Kier alpha value is -5.95. The Labute approximate surface area is 265 Å². The molecule has 0 unspecified atom stereocenters. The molecule has 1 aromatic heterocycles. The van der Waals surface area contributed by atoms with Crippen LogP contribution in [-0.2, 0) is 11.2 Å².